The smallest absolute Gasteiger partial charge is 0.254 e. The van der Waals surface area contributed by atoms with Gasteiger partial charge in [0, 0.05) is 58.4 Å². The number of rotatable bonds is 3. The maximum Gasteiger partial charge on any atom is 0.254 e. The molecule has 0 bridgehead atoms. The molecule has 1 aliphatic rings. The van der Waals surface area contributed by atoms with E-state index in [-0.39, 0.29) is 5.91 Å². The molecule has 2 aromatic heterocycles. The van der Waals surface area contributed by atoms with E-state index in [2.05, 4.69) is 27.3 Å². The number of fused-ring (bicyclic) bond motifs is 3. The Labute approximate surface area is 184 Å². The van der Waals surface area contributed by atoms with E-state index in [1.54, 1.807) is 0 Å². The summed E-state index contributed by atoms with van der Waals surface area (Å²) < 4.78 is 5.82. The van der Waals surface area contributed by atoms with Crippen LogP contribution in [0.15, 0.2) is 83.3 Å². The van der Waals surface area contributed by atoms with E-state index in [1.165, 1.54) is 16.6 Å². The minimum Gasteiger partial charge on any atom is -0.416 e. The Morgan fingerprint density at radius 2 is 1.53 bits per heavy atom. The van der Waals surface area contributed by atoms with Crippen molar-refractivity contribution < 1.29 is 9.21 Å². The number of carbonyl (C=O) groups is 1. The average molecular weight is 420 g/mol. The number of hydrogen-bond acceptors (Lipinski definition) is 4. The Morgan fingerprint density at radius 3 is 2.31 bits per heavy atom. The van der Waals surface area contributed by atoms with Gasteiger partial charge in [-0.15, -0.1) is 10.2 Å². The number of benzene rings is 3. The first-order valence-corrected chi connectivity index (χ1v) is 10.6. The Kier molecular flexibility index (Phi) is 4.35. The first kappa shape index (κ1) is 18.6. The number of H-pyrrole nitrogens is 1. The second-order valence-corrected chi connectivity index (χ2v) is 7.96. The monoisotopic (exact) mass is 420 g/mol. The molecular weight excluding hydrogens is 400 g/mol. The van der Waals surface area contributed by atoms with Crippen molar-refractivity contribution >= 4 is 16.8 Å². The Morgan fingerprint density at radius 1 is 0.844 bits per heavy atom. The summed E-state index contributed by atoms with van der Waals surface area (Å²) in [5.74, 6) is 0.941. The van der Waals surface area contributed by atoms with Gasteiger partial charge in [0.25, 0.3) is 5.91 Å². The van der Waals surface area contributed by atoms with E-state index in [1.807, 2.05) is 71.6 Å². The van der Waals surface area contributed by atoms with Crippen molar-refractivity contribution in [2.75, 3.05) is 6.54 Å². The number of aromatic amines is 1. The molecule has 6 heteroatoms. The first-order chi connectivity index (χ1) is 15.8. The maximum absolute atomic E-state index is 13.2. The molecular formula is C26H20N4O2. The van der Waals surface area contributed by atoms with Gasteiger partial charge in [0.15, 0.2) is 0 Å². The molecule has 6 nitrogen and oxygen atoms in total. The normalized spacial score (nSPS) is 13.3. The van der Waals surface area contributed by atoms with Gasteiger partial charge in [-0.3, -0.25) is 4.79 Å². The Hall–Kier alpha value is -4.19. The fourth-order valence-electron chi connectivity index (χ4n) is 4.32. The largest absolute Gasteiger partial charge is 0.416 e. The molecule has 0 saturated carbocycles. The van der Waals surface area contributed by atoms with E-state index >= 15 is 0 Å². The zero-order chi connectivity index (χ0) is 21.5. The fraction of sp³-hybridized carbons (Fsp3) is 0.115. The highest BCUT2D eigenvalue weighted by Gasteiger charge is 2.25. The highest BCUT2D eigenvalue weighted by atomic mass is 16.4. The maximum atomic E-state index is 13.2. The van der Waals surface area contributed by atoms with Crippen LogP contribution in [0, 0.1) is 0 Å². The standard InChI is InChI=1S/C26H20N4O2/c31-26(30-15-14-23-21(16-30)20-8-4-5-9-22(20)27-23)19-12-10-18(11-13-19)25-29-28-24(32-25)17-6-2-1-3-7-17/h1-13,27H,14-16H2. The summed E-state index contributed by atoms with van der Waals surface area (Å²) in [4.78, 5) is 18.6. The summed E-state index contributed by atoms with van der Waals surface area (Å²) in [6, 6.07) is 25.3. The summed E-state index contributed by atoms with van der Waals surface area (Å²) in [5.41, 5.74) is 5.89. The van der Waals surface area contributed by atoms with Crippen LogP contribution in [0.25, 0.3) is 33.8 Å². The minimum atomic E-state index is 0.0305. The molecule has 3 aromatic carbocycles. The molecule has 0 saturated heterocycles. The number of para-hydroxylation sites is 1. The van der Waals surface area contributed by atoms with Gasteiger partial charge in [-0.05, 0) is 42.5 Å². The second kappa shape index (κ2) is 7.50. The molecule has 0 aliphatic carbocycles. The number of carbonyl (C=O) groups excluding carboxylic acids is 1. The molecule has 0 spiro atoms. The third kappa shape index (κ3) is 3.17. The lowest BCUT2D eigenvalue weighted by Crippen LogP contribution is -2.35. The Balaban J connectivity index is 1.22. The summed E-state index contributed by atoms with van der Waals surface area (Å²) >= 11 is 0. The van der Waals surface area contributed by atoms with Crippen molar-refractivity contribution in [3.05, 3.63) is 95.7 Å². The van der Waals surface area contributed by atoms with Crippen molar-refractivity contribution in [1.82, 2.24) is 20.1 Å². The fourth-order valence-corrected chi connectivity index (χ4v) is 4.32. The summed E-state index contributed by atoms with van der Waals surface area (Å²) in [7, 11) is 0. The molecule has 156 valence electrons. The number of amides is 1. The highest BCUT2D eigenvalue weighted by Crippen LogP contribution is 2.29. The summed E-state index contributed by atoms with van der Waals surface area (Å²) in [6.07, 6.45) is 0.831. The van der Waals surface area contributed by atoms with Crippen LogP contribution in [0.5, 0.6) is 0 Å². The van der Waals surface area contributed by atoms with Crippen LogP contribution in [-0.4, -0.2) is 32.5 Å². The summed E-state index contributed by atoms with van der Waals surface area (Å²) in [5, 5.41) is 9.50. The third-order valence-corrected chi connectivity index (χ3v) is 5.99. The van der Waals surface area contributed by atoms with Gasteiger partial charge >= 0.3 is 0 Å². The quantitative estimate of drug-likeness (QED) is 0.441. The van der Waals surface area contributed by atoms with Gasteiger partial charge < -0.3 is 14.3 Å². The lowest BCUT2D eigenvalue weighted by atomic mass is 10.0. The Bertz CT molecular complexity index is 1420. The predicted octanol–water partition coefficient (Wildman–Crippen LogP) is 5.08. The van der Waals surface area contributed by atoms with Gasteiger partial charge in [0.1, 0.15) is 0 Å². The second-order valence-electron chi connectivity index (χ2n) is 7.96. The van der Waals surface area contributed by atoms with Crippen LogP contribution in [0.4, 0.5) is 0 Å². The van der Waals surface area contributed by atoms with Crippen LogP contribution < -0.4 is 0 Å². The number of hydrogen-bond donors (Lipinski definition) is 1. The van der Waals surface area contributed by atoms with Crippen LogP contribution >= 0.6 is 0 Å². The van der Waals surface area contributed by atoms with Crippen molar-refractivity contribution in [3.8, 4) is 22.9 Å². The van der Waals surface area contributed by atoms with Crippen LogP contribution in [0.1, 0.15) is 21.6 Å². The highest BCUT2D eigenvalue weighted by molar-refractivity contribution is 5.95. The van der Waals surface area contributed by atoms with E-state index < -0.39 is 0 Å². The lowest BCUT2D eigenvalue weighted by molar-refractivity contribution is 0.0735. The van der Waals surface area contributed by atoms with E-state index in [0.717, 1.165) is 23.1 Å². The van der Waals surface area contributed by atoms with Gasteiger partial charge in [-0.25, -0.2) is 0 Å². The molecule has 1 aliphatic heterocycles. The predicted molar refractivity (Wildman–Crippen MR) is 122 cm³/mol. The summed E-state index contributed by atoms with van der Waals surface area (Å²) in [6.45, 7) is 1.31. The van der Waals surface area contributed by atoms with Gasteiger partial charge in [0.05, 0.1) is 0 Å². The van der Waals surface area contributed by atoms with Crippen molar-refractivity contribution in [2.45, 2.75) is 13.0 Å². The molecule has 1 N–H and O–H groups in total. The lowest BCUT2D eigenvalue weighted by Gasteiger charge is -2.27. The van der Waals surface area contributed by atoms with E-state index in [4.69, 9.17) is 4.42 Å². The SMILES string of the molecule is O=C(c1ccc(-c2nnc(-c3ccccc3)o2)cc1)N1CCc2[nH]c3ccccc3c2C1. The van der Waals surface area contributed by atoms with E-state index in [9.17, 15) is 4.79 Å². The molecule has 1 amide bonds. The number of aromatic nitrogens is 3. The third-order valence-electron chi connectivity index (χ3n) is 5.99. The van der Waals surface area contributed by atoms with Crippen molar-refractivity contribution in [2.24, 2.45) is 0 Å². The van der Waals surface area contributed by atoms with Crippen LogP contribution in [-0.2, 0) is 13.0 Å². The van der Waals surface area contributed by atoms with Crippen LogP contribution in [0.2, 0.25) is 0 Å². The number of nitrogens with zero attached hydrogens (tertiary/aromatic N) is 3. The van der Waals surface area contributed by atoms with Gasteiger partial charge in [-0.2, -0.15) is 0 Å². The molecule has 5 aromatic rings. The van der Waals surface area contributed by atoms with E-state index in [0.29, 0.717) is 30.4 Å². The minimum absolute atomic E-state index is 0.0305. The zero-order valence-corrected chi connectivity index (χ0v) is 17.3. The molecule has 0 fully saturated rings. The van der Waals surface area contributed by atoms with Crippen molar-refractivity contribution in [3.63, 3.8) is 0 Å². The first-order valence-electron chi connectivity index (χ1n) is 10.6. The topological polar surface area (TPSA) is 75.0 Å². The zero-order valence-electron chi connectivity index (χ0n) is 17.3. The molecule has 3 heterocycles. The molecule has 32 heavy (non-hydrogen) atoms. The molecule has 6 rings (SSSR count). The molecule has 0 unspecified atom stereocenters. The van der Waals surface area contributed by atoms with Crippen LogP contribution in [0.3, 0.4) is 0 Å². The molecule has 0 atom stereocenters. The number of nitrogens with one attached hydrogen (secondary N) is 1. The average Bonchev–Trinajstić information content (AvgIpc) is 3.49. The van der Waals surface area contributed by atoms with Gasteiger partial charge in [0.2, 0.25) is 11.8 Å². The van der Waals surface area contributed by atoms with Crippen molar-refractivity contribution in [1.29, 1.82) is 0 Å². The van der Waals surface area contributed by atoms with Gasteiger partial charge in [-0.1, -0.05) is 36.4 Å². The molecule has 0 radical (unpaired) electrons.